The summed E-state index contributed by atoms with van der Waals surface area (Å²) in [7, 11) is 0. The van der Waals surface area contributed by atoms with Crippen LogP contribution in [0.3, 0.4) is 0 Å². The smallest absolute Gasteiger partial charge is 0.227 e. The predicted octanol–water partition coefficient (Wildman–Crippen LogP) is 3.87. The highest BCUT2D eigenvalue weighted by Crippen LogP contribution is 2.27. The van der Waals surface area contributed by atoms with Gasteiger partial charge in [0.25, 0.3) is 0 Å². The van der Waals surface area contributed by atoms with Crippen molar-refractivity contribution < 1.29 is 4.79 Å². The molecule has 22 heavy (non-hydrogen) atoms. The number of amides is 1. The molecule has 0 bridgehead atoms. The first-order valence-electron chi connectivity index (χ1n) is 8.57. The van der Waals surface area contributed by atoms with Gasteiger partial charge in [0.2, 0.25) is 5.91 Å². The van der Waals surface area contributed by atoms with Crippen molar-refractivity contribution in [3.8, 4) is 0 Å². The molecule has 3 heteroatoms. The van der Waals surface area contributed by atoms with Crippen LogP contribution in [0.25, 0.3) is 0 Å². The Morgan fingerprint density at radius 2 is 2.09 bits per heavy atom. The maximum atomic E-state index is 12.0. The summed E-state index contributed by atoms with van der Waals surface area (Å²) in [5, 5.41) is 6.60. The number of allylic oxidation sites excluding steroid dienone is 2. The van der Waals surface area contributed by atoms with Crippen LogP contribution in [0.5, 0.6) is 0 Å². The quantitative estimate of drug-likeness (QED) is 0.783. The average molecular weight is 298 g/mol. The molecule has 0 heterocycles. The van der Waals surface area contributed by atoms with E-state index in [-0.39, 0.29) is 11.8 Å². The Balaban J connectivity index is 1.46. The number of rotatable bonds is 6. The summed E-state index contributed by atoms with van der Waals surface area (Å²) in [6, 6.07) is 8.21. The molecule has 2 aliphatic carbocycles. The number of hydrogen-bond donors (Lipinski definition) is 2. The van der Waals surface area contributed by atoms with Crippen LogP contribution in [0.4, 0.5) is 5.69 Å². The van der Waals surface area contributed by atoms with E-state index >= 15 is 0 Å². The van der Waals surface area contributed by atoms with Crippen molar-refractivity contribution >= 4 is 11.6 Å². The highest BCUT2D eigenvalue weighted by Gasteiger charge is 2.25. The molecule has 0 saturated heterocycles. The predicted molar refractivity (Wildman–Crippen MR) is 90.6 cm³/mol. The molecule has 1 unspecified atom stereocenters. The van der Waals surface area contributed by atoms with Gasteiger partial charge < -0.3 is 10.6 Å². The molecular formula is C19H26N2O. The van der Waals surface area contributed by atoms with Gasteiger partial charge in [0.15, 0.2) is 0 Å². The molecule has 1 amide bonds. The molecule has 1 atom stereocenters. The lowest BCUT2D eigenvalue weighted by atomic mass is 9.85. The number of nitrogens with one attached hydrogen (secondary N) is 2. The van der Waals surface area contributed by atoms with Crippen molar-refractivity contribution in [3.63, 3.8) is 0 Å². The van der Waals surface area contributed by atoms with Crippen LogP contribution in [-0.2, 0) is 11.3 Å². The second kappa shape index (κ2) is 7.59. The van der Waals surface area contributed by atoms with Crippen LogP contribution in [0.15, 0.2) is 36.4 Å². The summed E-state index contributed by atoms with van der Waals surface area (Å²) in [5.41, 5.74) is 2.16. The van der Waals surface area contributed by atoms with Gasteiger partial charge in [0.1, 0.15) is 0 Å². The fourth-order valence-corrected chi connectivity index (χ4v) is 3.14. The summed E-state index contributed by atoms with van der Waals surface area (Å²) in [5.74, 6) is 1.19. The fraction of sp³-hybridized carbons (Fsp3) is 0.526. The van der Waals surface area contributed by atoms with Crippen molar-refractivity contribution in [1.29, 1.82) is 0 Å². The van der Waals surface area contributed by atoms with Gasteiger partial charge in [-0.25, -0.2) is 0 Å². The Morgan fingerprint density at radius 3 is 2.82 bits per heavy atom. The van der Waals surface area contributed by atoms with E-state index in [9.17, 15) is 4.79 Å². The molecule has 1 aromatic carbocycles. The molecule has 0 aliphatic heterocycles. The largest absolute Gasteiger partial charge is 0.326 e. The van der Waals surface area contributed by atoms with Crippen molar-refractivity contribution in [2.75, 3.05) is 11.9 Å². The molecule has 1 fully saturated rings. The van der Waals surface area contributed by atoms with Gasteiger partial charge >= 0.3 is 0 Å². The van der Waals surface area contributed by atoms with Crippen molar-refractivity contribution in [2.45, 2.75) is 45.1 Å². The molecule has 1 saturated carbocycles. The van der Waals surface area contributed by atoms with Gasteiger partial charge in [-0.2, -0.15) is 0 Å². The second-order valence-electron chi connectivity index (χ2n) is 6.60. The standard InChI is InChI=1S/C19H26N2O/c22-19(17-9-5-10-17)21-18-11-4-8-16(12-18)14-20-13-15-6-2-1-3-7-15/h1-2,4,8,11-12,15,17,20H,3,5-7,9-10,13-14H2,(H,21,22). The van der Waals surface area contributed by atoms with E-state index < -0.39 is 0 Å². The minimum atomic E-state index is 0.186. The van der Waals surface area contributed by atoms with E-state index in [0.717, 1.165) is 37.5 Å². The topological polar surface area (TPSA) is 41.1 Å². The first-order valence-corrected chi connectivity index (χ1v) is 8.57. The third-order valence-corrected chi connectivity index (χ3v) is 4.81. The third-order valence-electron chi connectivity index (χ3n) is 4.81. The normalized spacial score (nSPS) is 21.4. The van der Waals surface area contributed by atoms with E-state index in [1.807, 2.05) is 12.1 Å². The number of anilines is 1. The van der Waals surface area contributed by atoms with E-state index in [2.05, 4.69) is 34.9 Å². The van der Waals surface area contributed by atoms with E-state index in [0.29, 0.717) is 0 Å². The average Bonchev–Trinajstić information content (AvgIpc) is 2.47. The highest BCUT2D eigenvalue weighted by atomic mass is 16.1. The molecule has 0 aromatic heterocycles. The maximum absolute atomic E-state index is 12.0. The highest BCUT2D eigenvalue weighted by molar-refractivity contribution is 5.93. The monoisotopic (exact) mass is 298 g/mol. The lowest BCUT2D eigenvalue weighted by molar-refractivity contribution is -0.122. The first-order chi connectivity index (χ1) is 10.8. The summed E-state index contributed by atoms with van der Waals surface area (Å²) in [6.45, 7) is 1.94. The van der Waals surface area contributed by atoms with Crippen LogP contribution >= 0.6 is 0 Å². The molecule has 3 nitrogen and oxygen atoms in total. The summed E-state index contributed by atoms with van der Waals surface area (Å²) in [6.07, 6.45) is 11.6. The van der Waals surface area contributed by atoms with Crippen LogP contribution in [0.2, 0.25) is 0 Å². The molecule has 118 valence electrons. The van der Waals surface area contributed by atoms with Crippen molar-refractivity contribution in [3.05, 3.63) is 42.0 Å². The van der Waals surface area contributed by atoms with Crippen LogP contribution in [0, 0.1) is 11.8 Å². The van der Waals surface area contributed by atoms with E-state index in [1.54, 1.807) is 0 Å². The summed E-state index contributed by atoms with van der Waals surface area (Å²) < 4.78 is 0. The first kappa shape index (κ1) is 15.3. The van der Waals surface area contributed by atoms with Gasteiger partial charge in [0, 0.05) is 18.2 Å². The zero-order valence-corrected chi connectivity index (χ0v) is 13.2. The molecule has 0 radical (unpaired) electrons. The van der Waals surface area contributed by atoms with Crippen molar-refractivity contribution in [2.24, 2.45) is 11.8 Å². The third kappa shape index (κ3) is 4.20. The van der Waals surface area contributed by atoms with Crippen LogP contribution < -0.4 is 10.6 Å². The zero-order chi connectivity index (χ0) is 15.2. The zero-order valence-electron chi connectivity index (χ0n) is 13.2. The Labute approximate surface area is 133 Å². The second-order valence-corrected chi connectivity index (χ2v) is 6.60. The number of carbonyl (C=O) groups is 1. The van der Waals surface area contributed by atoms with Gasteiger partial charge in [-0.1, -0.05) is 30.7 Å². The number of benzene rings is 1. The fourth-order valence-electron chi connectivity index (χ4n) is 3.14. The van der Waals surface area contributed by atoms with Crippen LogP contribution in [-0.4, -0.2) is 12.5 Å². The summed E-state index contributed by atoms with van der Waals surface area (Å²) in [4.78, 5) is 12.0. The van der Waals surface area contributed by atoms with E-state index in [1.165, 1.54) is 31.2 Å². The summed E-state index contributed by atoms with van der Waals surface area (Å²) >= 11 is 0. The Kier molecular flexibility index (Phi) is 5.28. The van der Waals surface area contributed by atoms with Crippen molar-refractivity contribution in [1.82, 2.24) is 5.32 Å². The van der Waals surface area contributed by atoms with Gasteiger partial charge in [-0.15, -0.1) is 0 Å². The lowest BCUT2D eigenvalue weighted by Gasteiger charge is -2.24. The molecule has 0 spiro atoms. The van der Waals surface area contributed by atoms with Gasteiger partial charge in [-0.05, 0) is 62.3 Å². The number of carbonyl (C=O) groups excluding carboxylic acids is 1. The Morgan fingerprint density at radius 1 is 1.18 bits per heavy atom. The maximum Gasteiger partial charge on any atom is 0.227 e. The van der Waals surface area contributed by atoms with E-state index in [4.69, 9.17) is 0 Å². The molecule has 1 aromatic rings. The molecule has 2 N–H and O–H groups in total. The van der Waals surface area contributed by atoms with Gasteiger partial charge in [0.05, 0.1) is 0 Å². The minimum Gasteiger partial charge on any atom is -0.326 e. The Bertz CT molecular complexity index is 534. The molecular weight excluding hydrogens is 272 g/mol. The number of hydrogen-bond acceptors (Lipinski definition) is 2. The Hall–Kier alpha value is -1.61. The van der Waals surface area contributed by atoms with Crippen LogP contribution in [0.1, 0.15) is 44.1 Å². The molecule has 2 aliphatic rings. The minimum absolute atomic E-state index is 0.186. The lowest BCUT2D eigenvalue weighted by Crippen LogP contribution is -2.28. The molecule has 3 rings (SSSR count). The van der Waals surface area contributed by atoms with Gasteiger partial charge in [-0.3, -0.25) is 4.79 Å². The SMILES string of the molecule is O=C(Nc1cccc(CNCC2CC=CCC2)c1)C1CCC1.